The van der Waals surface area contributed by atoms with Crippen LogP contribution < -0.4 is 4.74 Å². The highest BCUT2D eigenvalue weighted by Gasteiger charge is 2.23. The molecule has 1 unspecified atom stereocenters. The van der Waals surface area contributed by atoms with Gasteiger partial charge >= 0.3 is 5.97 Å². The highest BCUT2D eigenvalue weighted by atomic mass is 16.5. The lowest BCUT2D eigenvalue weighted by Gasteiger charge is -2.15. The second-order valence-corrected chi connectivity index (χ2v) is 3.12. The van der Waals surface area contributed by atoms with E-state index in [1.165, 1.54) is 14.2 Å². The van der Waals surface area contributed by atoms with Crippen molar-refractivity contribution in [2.75, 3.05) is 14.2 Å². The van der Waals surface area contributed by atoms with Crippen molar-refractivity contribution in [2.45, 2.75) is 12.7 Å². The van der Waals surface area contributed by atoms with E-state index in [2.05, 4.69) is 4.74 Å². The summed E-state index contributed by atoms with van der Waals surface area (Å²) in [6, 6.07) is 4.81. The third-order valence-electron chi connectivity index (χ3n) is 2.22. The Labute approximate surface area is 93.2 Å². The van der Waals surface area contributed by atoms with Crippen LogP contribution in [0.4, 0.5) is 0 Å². The summed E-state index contributed by atoms with van der Waals surface area (Å²) in [7, 11) is 2.59. The van der Waals surface area contributed by atoms with E-state index in [0.717, 1.165) is 0 Å². The number of esters is 1. The van der Waals surface area contributed by atoms with Gasteiger partial charge in [0.15, 0.2) is 6.10 Å². The largest absolute Gasteiger partial charge is 0.496 e. The molecular weight excluding hydrogens is 212 g/mol. The van der Waals surface area contributed by atoms with Crippen LogP contribution in [0.1, 0.15) is 17.2 Å². The third-order valence-corrected chi connectivity index (χ3v) is 2.22. The fraction of sp³-hybridized carbons (Fsp3) is 0.364. The molecule has 0 bridgehead atoms. The normalized spacial score (nSPS) is 12.0. The predicted octanol–water partition coefficient (Wildman–Crippen LogP) is 0.394. The highest BCUT2D eigenvalue weighted by Crippen LogP contribution is 2.29. The van der Waals surface area contributed by atoms with Crippen molar-refractivity contribution < 1.29 is 24.5 Å². The molecule has 0 saturated heterocycles. The molecule has 1 aromatic carbocycles. The molecule has 1 atom stereocenters. The number of aliphatic hydroxyl groups excluding tert-OH is 2. The second kappa shape index (κ2) is 5.48. The van der Waals surface area contributed by atoms with Gasteiger partial charge in [-0.15, -0.1) is 0 Å². The first-order chi connectivity index (χ1) is 7.65. The zero-order valence-corrected chi connectivity index (χ0v) is 9.14. The molecular formula is C11H14O5. The minimum absolute atomic E-state index is 0.231. The van der Waals surface area contributed by atoms with E-state index in [9.17, 15) is 9.90 Å². The maximum absolute atomic E-state index is 11.2. The van der Waals surface area contributed by atoms with Crippen LogP contribution in [0.2, 0.25) is 0 Å². The highest BCUT2D eigenvalue weighted by molar-refractivity contribution is 5.77. The van der Waals surface area contributed by atoms with Crippen molar-refractivity contribution in [3.8, 4) is 5.75 Å². The smallest absolute Gasteiger partial charge is 0.339 e. The van der Waals surface area contributed by atoms with Crippen LogP contribution in [-0.4, -0.2) is 30.4 Å². The molecule has 5 nitrogen and oxygen atoms in total. The Balaban J connectivity index is 3.17. The van der Waals surface area contributed by atoms with Crippen molar-refractivity contribution >= 4 is 5.97 Å². The van der Waals surface area contributed by atoms with Gasteiger partial charge in [-0.1, -0.05) is 18.2 Å². The summed E-state index contributed by atoms with van der Waals surface area (Å²) in [4.78, 5) is 11.2. The number of aliphatic hydroxyl groups is 2. The zero-order valence-electron chi connectivity index (χ0n) is 9.14. The number of hydrogen-bond donors (Lipinski definition) is 2. The van der Waals surface area contributed by atoms with E-state index in [1.807, 2.05) is 0 Å². The third kappa shape index (κ3) is 2.32. The summed E-state index contributed by atoms with van der Waals surface area (Å²) in [5.41, 5.74) is 0.781. The summed E-state index contributed by atoms with van der Waals surface area (Å²) >= 11 is 0. The van der Waals surface area contributed by atoms with E-state index in [1.54, 1.807) is 18.2 Å². The first-order valence-corrected chi connectivity index (χ1v) is 4.68. The van der Waals surface area contributed by atoms with Gasteiger partial charge in [-0.05, 0) is 0 Å². The number of rotatable bonds is 4. The molecule has 0 saturated carbocycles. The first-order valence-electron chi connectivity index (χ1n) is 4.68. The topological polar surface area (TPSA) is 76.0 Å². The zero-order chi connectivity index (χ0) is 12.1. The molecule has 16 heavy (non-hydrogen) atoms. The maximum Gasteiger partial charge on any atom is 0.339 e. The molecule has 5 heteroatoms. The van der Waals surface area contributed by atoms with Crippen molar-refractivity contribution in [1.82, 2.24) is 0 Å². The number of carbonyl (C=O) groups excluding carboxylic acids is 1. The lowest BCUT2D eigenvalue weighted by molar-refractivity contribution is -0.150. The van der Waals surface area contributed by atoms with Crippen LogP contribution in [-0.2, 0) is 16.1 Å². The molecule has 0 radical (unpaired) electrons. The van der Waals surface area contributed by atoms with Gasteiger partial charge in [-0.25, -0.2) is 4.79 Å². The fourth-order valence-corrected chi connectivity index (χ4v) is 1.43. The molecule has 0 aliphatic carbocycles. The second-order valence-electron chi connectivity index (χ2n) is 3.12. The standard InChI is InChI=1S/C11H14O5/c1-15-10-7(6-12)4-3-5-8(10)9(13)11(14)16-2/h3-5,9,12-13H,6H2,1-2H3. The van der Waals surface area contributed by atoms with Gasteiger partial charge in [-0.3, -0.25) is 0 Å². The van der Waals surface area contributed by atoms with Gasteiger partial charge in [0.25, 0.3) is 0 Å². The minimum atomic E-state index is -1.41. The first kappa shape index (κ1) is 12.5. The quantitative estimate of drug-likeness (QED) is 0.726. The summed E-state index contributed by atoms with van der Waals surface area (Å²) in [5.74, 6) is -0.476. The molecule has 1 rings (SSSR count). The monoisotopic (exact) mass is 226 g/mol. The van der Waals surface area contributed by atoms with Gasteiger partial charge < -0.3 is 19.7 Å². The van der Waals surface area contributed by atoms with Gasteiger partial charge in [0.1, 0.15) is 5.75 Å². The molecule has 88 valence electrons. The van der Waals surface area contributed by atoms with E-state index in [-0.39, 0.29) is 12.2 Å². The SMILES string of the molecule is COC(=O)C(O)c1cccc(CO)c1OC. The number of benzene rings is 1. The van der Waals surface area contributed by atoms with E-state index < -0.39 is 12.1 Å². The lowest BCUT2D eigenvalue weighted by atomic mass is 10.0. The number of hydrogen-bond acceptors (Lipinski definition) is 5. The molecule has 0 amide bonds. The van der Waals surface area contributed by atoms with E-state index in [4.69, 9.17) is 9.84 Å². The average Bonchev–Trinajstić information content (AvgIpc) is 2.35. The van der Waals surface area contributed by atoms with Crippen molar-refractivity contribution in [3.63, 3.8) is 0 Å². The number of ether oxygens (including phenoxy) is 2. The predicted molar refractivity (Wildman–Crippen MR) is 55.9 cm³/mol. The van der Waals surface area contributed by atoms with Gasteiger partial charge in [0.2, 0.25) is 0 Å². The summed E-state index contributed by atoms with van der Waals surface area (Å²) in [5, 5.41) is 18.8. The molecule has 0 heterocycles. The summed E-state index contributed by atoms with van der Waals surface area (Å²) < 4.78 is 9.49. The Bertz CT molecular complexity index is 375. The van der Waals surface area contributed by atoms with Crippen LogP contribution >= 0.6 is 0 Å². The van der Waals surface area contributed by atoms with Gasteiger partial charge in [-0.2, -0.15) is 0 Å². The lowest BCUT2D eigenvalue weighted by Crippen LogP contribution is -2.15. The average molecular weight is 226 g/mol. The molecule has 1 aromatic rings. The van der Waals surface area contributed by atoms with E-state index in [0.29, 0.717) is 11.3 Å². The van der Waals surface area contributed by atoms with Crippen LogP contribution in [0.25, 0.3) is 0 Å². The van der Waals surface area contributed by atoms with Gasteiger partial charge in [0.05, 0.1) is 20.8 Å². The Morgan fingerprint density at radius 1 is 1.44 bits per heavy atom. The molecule has 0 aliphatic heterocycles. The maximum atomic E-state index is 11.2. The summed E-state index contributed by atoms with van der Waals surface area (Å²) in [6.07, 6.45) is -1.41. The van der Waals surface area contributed by atoms with Crippen molar-refractivity contribution in [3.05, 3.63) is 29.3 Å². The van der Waals surface area contributed by atoms with Crippen molar-refractivity contribution in [1.29, 1.82) is 0 Å². The molecule has 2 N–H and O–H groups in total. The number of carbonyl (C=O) groups is 1. The molecule has 0 spiro atoms. The molecule has 0 aromatic heterocycles. The fourth-order valence-electron chi connectivity index (χ4n) is 1.43. The molecule has 0 fully saturated rings. The van der Waals surface area contributed by atoms with Gasteiger partial charge in [0, 0.05) is 11.1 Å². The van der Waals surface area contributed by atoms with Crippen LogP contribution in [0, 0.1) is 0 Å². The number of methoxy groups -OCH3 is 2. The van der Waals surface area contributed by atoms with Crippen molar-refractivity contribution in [2.24, 2.45) is 0 Å². The Kier molecular flexibility index (Phi) is 4.28. The Hall–Kier alpha value is -1.59. The van der Waals surface area contributed by atoms with E-state index >= 15 is 0 Å². The minimum Gasteiger partial charge on any atom is -0.496 e. The van der Waals surface area contributed by atoms with Crippen LogP contribution in [0.5, 0.6) is 5.75 Å². The Morgan fingerprint density at radius 2 is 2.12 bits per heavy atom. The van der Waals surface area contributed by atoms with Crippen LogP contribution in [0.3, 0.4) is 0 Å². The number of para-hydroxylation sites is 1. The summed E-state index contributed by atoms with van der Waals surface area (Å²) in [6.45, 7) is -0.231. The van der Waals surface area contributed by atoms with Crippen LogP contribution in [0.15, 0.2) is 18.2 Å². The molecule has 0 aliphatic rings. The Morgan fingerprint density at radius 3 is 2.62 bits per heavy atom.